The highest BCUT2D eigenvalue weighted by molar-refractivity contribution is 5.87. The van der Waals surface area contributed by atoms with Crippen molar-refractivity contribution in [3.05, 3.63) is 64.1 Å². The maximum absolute atomic E-state index is 12.0. The van der Waals surface area contributed by atoms with E-state index in [1.165, 1.54) is 11.1 Å². The number of nitrogens with one attached hydrogen (secondary N) is 1. The zero-order valence-corrected chi connectivity index (χ0v) is 15.7. The Morgan fingerprint density at radius 3 is 2.74 bits per heavy atom. The monoisotopic (exact) mass is 364 g/mol. The molecule has 1 aliphatic rings. The predicted octanol–water partition coefficient (Wildman–Crippen LogP) is 2.56. The van der Waals surface area contributed by atoms with E-state index in [0.29, 0.717) is 0 Å². The molecule has 2 aromatic heterocycles. The molecule has 0 spiro atoms. The van der Waals surface area contributed by atoms with Gasteiger partial charge in [-0.3, -0.25) is 14.7 Å². The van der Waals surface area contributed by atoms with Crippen molar-refractivity contribution in [2.24, 2.45) is 0 Å². The van der Waals surface area contributed by atoms with Gasteiger partial charge in [0, 0.05) is 50.6 Å². The predicted molar refractivity (Wildman–Crippen MR) is 108 cm³/mol. The second-order valence-electron chi connectivity index (χ2n) is 7.00. The van der Waals surface area contributed by atoms with Crippen LogP contribution < -0.4 is 15.2 Å². The van der Waals surface area contributed by atoms with Gasteiger partial charge in [-0.1, -0.05) is 17.7 Å². The highest BCUT2D eigenvalue weighted by atomic mass is 16.5. The zero-order valence-electron chi connectivity index (χ0n) is 15.7. The van der Waals surface area contributed by atoms with Crippen LogP contribution in [-0.4, -0.2) is 48.2 Å². The third-order valence-corrected chi connectivity index (χ3v) is 5.12. The third-order valence-electron chi connectivity index (χ3n) is 5.12. The number of piperazine rings is 1. The Morgan fingerprint density at radius 1 is 1.15 bits per heavy atom. The van der Waals surface area contributed by atoms with Crippen molar-refractivity contribution in [3.63, 3.8) is 0 Å². The van der Waals surface area contributed by atoms with E-state index in [1.807, 2.05) is 18.2 Å². The summed E-state index contributed by atoms with van der Waals surface area (Å²) in [5.41, 5.74) is 4.93. The molecule has 1 aromatic carbocycles. The highest BCUT2D eigenvalue weighted by Gasteiger charge is 2.21. The standard InChI is InChI=1S/C21H24N4O2/c1-15-5-6-19(27-2)16(12-15)14-24-8-10-25(11-9-24)18-13-20(26)23-17-4-3-7-22-21(17)18/h3-7,12-13H,8-11,14H2,1-2H3,(H,23,26). The normalized spacial score (nSPS) is 15.3. The van der Waals surface area contributed by atoms with Crippen LogP contribution in [0.2, 0.25) is 0 Å². The molecular formula is C21H24N4O2. The van der Waals surface area contributed by atoms with Crippen molar-refractivity contribution in [1.82, 2.24) is 14.9 Å². The van der Waals surface area contributed by atoms with Gasteiger partial charge in [-0.25, -0.2) is 0 Å². The minimum Gasteiger partial charge on any atom is -0.496 e. The molecule has 1 aliphatic heterocycles. The lowest BCUT2D eigenvalue weighted by Crippen LogP contribution is -2.46. The average Bonchev–Trinajstić information content (AvgIpc) is 2.68. The molecule has 6 nitrogen and oxygen atoms in total. The average molecular weight is 364 g/mol. The van der Waals surface area contributed by atoms with E-state index in [-0.39, 0.29) is 5.56 Å². The SMILES string of the molecule is COc1ccc(C)cc1CN1CCN(c2cc(=O)[nH]c3cccnc23)CC1. The van der Waals surface area contributed by atoms with Gasteiger partial charge >= 0.3 is 0 Å². The first-order chi connectivity index (χ1) is 13.1. The number of rotatable bonds is 4. The Kier molecular flexibility index (Phi) is 4.81. The number of aryl methyl sites for hydroxylation is 1. The summed E-state index contributed by atoms with van der Waals surface area (Å²) >= 11 is 0. The van der Waals surface area contributed by atoms with E-state index in [4.69, 9.17) is 4.74 Å². The molecule has 0 bridgehead atoms. The number of anilines is 1. The molecule has 0 radical (unpaired) electrons. The molecule has 140 valence electrons. The fourth-order valence-corrected chi connectivity index (χ4v) is 3.73. The van der Waals surface area contributed by atoms with Crippen LogP contribution in [0.1, 0.15) is 11.1 Å². The first kappa shape index (κ1) is 17.5. The maximum Gasteiger partial charge on any atom is 0.250 e. The third kappa shape index (κ3) is 3.66. The van der Waals surface area contributed by atoms with Gasteiger partial charge in [0.2, 0.25) is 0 Å². The molecule has 0 saturated carbocycles. The van der Waals surface area contributed by atoms with Crippen LogP contribution in [0.25, 0.3) is 11.0 Å². The fraction of sp³-hybridized carbons (Fsp3) is 0.333. The summed E-state index contributed by atoms with van der Waals surface area (Å²) in [4.78, 5) is 24.0. The van der Waals surface area contributed by atoms with E-state index < -0.39 is 0 Å². The molecule has 1 saturated heterocycles. The Bertz CT molecular complexity index is 1010. The fourth-order valence-electron chi connectivity index (χ4n) is 3.73. The summed E-state index contributed by atoms with van der Waals surface area (Å²) in [7, 11) is 1.72. The van der Waals surface area contributed by atoms with Crippen LogP contribution in [0, 0.1) is 6.92 Å². The number of H-pyrrole nitrogens is 1. The van der Waals surface area contributed by atoms with Gasteiger partial charge in [-0.05, 0) is 25.1 Å². The van der Waals surface area contributed by atoms with Gasteiger partial charge in [0.1, 0.15) is 11.3 Å². The lowest BCUT2D eigenvalue weighted by Gasteiger charge is -2.36. The second kappa shape index (κ2) is 7.40. The summed E-state index contributed by atoms with van der Waals surface area (Å²) in [6.07, 6.45) is 1.77. The van der Waals surface area contributed by atoms with Gasteiger partial charge in [-0.2, -0.15) is 0 Å². The number of fused-ring (bicyclic) bond motifs is 1. The smallest absolute Gasteiger partial charge is 0.250 e. The molecule has 0 amide bonds. The number of nitrogens with zero attached hydrogens (tertiary/aromatic N) is 3. The molecule has 0 aliphatic carbocycles. The van der Waals surface area contributed by atoms with E-state index in [2.05, 4.69) is 38.8 Å². The Hall–Kier alpha value is -2.86. The second-order valence-corrected chi connectivity index (χ2v) is 7.00. The number of hydrogen-bond acceptors (Lipinski definition) is 5. The lowest BCUT2D eigenvalue weighted by molar-refractivity contribution is 0.246. The molecule has 0 atom stereocenters. The van der Waals surface area contributed by atoms with Crippen LogP contribution in [0.3, 0.4) is 0 Å². The number of aromatic nitrogens is 2. The van der Waals surface area contributed by atoms with Crippen molar-refractivity contribution in [2.45, 2.75) is 13.5 Å². The number of methoxy groups -OCH3 is 1. The van der Waals surface area contributed by atoms with Crippen LogP contribution >= 0.6 is 0 Å². The summed E-state index contributed by atoms with van der Waals surface area (Å²) in [5, 5.41) is 0. The van der Waals surface area contributed by atoms with E-state index >= 15 is 0 Å². The maximum atomic E-state index is 12.0. The van der Waals surface area contributed by atoms with Crippen molar-refractivity contribution < 1.29 is 4.74 Å². The van der Waals surface area contributed by atoms with Crippen molar-refractivity contribution in [1.29, 1.82) is 0 Å². The van der Waals surface area contributed by atoms with Gasteiger partial charge in [0.15, 0.2) is 0 Å². The zero-order chi connectivity index (χ0) is 18.8. The van der Waals surface area contributed by atoms with Gasteiger partial charge in [0.25, 0.3) is 5.56 Å². The van der Waals surface area contributed by atoms with Crippen LogP contribution in [0.4, 0.5) is 5.69 Å². The Balaban J connectivity index is 1.50. The molecule has 1 fully saturated rings. The molecule has 0 unspecified atom stereocenters. The van der Waals surface area contributed by atoms with Crippen LogP contribution in [-0.2, 0) is 6.54 Å². The number of ether oxygens (including phenoxy) is 1. The van der Waals surface area contributed by atoms with E-state index in [0.717, 1.165) is 55.2 Å². The summed E-state index contributed by atoms with van der Waals surface area (Å²) in [6.45, 7) is 6.56. The lowest BCUT2D eigenvalue weighted by atomic mass is 10.1. The van der Waals surface area contributed by atoms with Crippen LogP contribution in [0.15, 0.2) is 47.4 Å². The minimum absolute atomic E-state index is 0.0857. The molecular weight excluding hydrogens is 340 g/mol. The van der Waals surface area contributed by atoms with E-state index in [9.17, 15) is 4.79 Å². The molecule has 1 N–H and O–H groups in total. The topological polar surface area (TPSA) is 61.5 Å². The van der Waals surface area contributed by atoms with Gasteiger partial charge in [0.05, 0.1) is 18.3 Å². The first-order valence-corrected chi connectivity index (χ1v) is 9.23. The number of benzene rings is 1. The van der Waals surface area contributed by atoms with Crippen molar-refractivity contribution in [2.75, 3.05) is 38.2 Å². The first-order valence-electron chi connectivity index (χ1n) is 9.23. The van der Waals surface area contributed by atoms with Gasteiger partial charge < -0.3 is 14.6 Å². The van der Waals surface area contributed by atoms with Crippen molar-refractivity contribution in [3.8, 4) is 5.75 Å². The molecule has 4 rings (SSSR count). The Labute approximate surface area is 158 Å². The van der Waals surface area contributed by atoms with Crippen molar-refractivity contribution >= 4 is 16.7 Å². The van der Waals surface area contributed by atoms with E-state index in [1.54, 1.807) is 19.4 Å². The molecule has 27 heavy (non-hydrogen) atoms. The number of pyridine rings is 2. The summed E-state index contributed by atoms with van der Waals surface area (Å²) in [6, 6.07) is 11.7. The summed E-state index contributed by atoms with van der Waals surface area (Å²) < 4.78 is 5.51. The molecule has 3 aromatic rings. The minimum atomic E-state index is -0.0857. The van der Waals surface area contributed by atoms with Gasteiger partial charge in [-0.15, -0.1) is 0 Å². The summed E-state index contributed by atoms with van der Waals surface area (Å²) in [5.74, 6) is 0.938. The number of hydrogen-bond donors (Lipinski definition) is 1. The number of aromatic amines is 1. The Morgan fingerprint density at radius 2 is 1.96 bits per heavy atom. The quantitative estimate of drug-likeness (QED) is 0.771. The molecule has 3 heterocycles. The molecule has 6 heteroatoms. The van der Waals surface area contributed by atoms with Crippen LogP contribution in [0.5, 0.6) is 5.75 Å². The largest absolute Gasteiger partial charge is 0.496 e. The highest BCUT2D eigenvalue weighted by Crippen LogP contribution is 2.25.